The Labute approximate surface area is 204 Å². The van der Waals surface area contributed by atoms with Gasteiger partial charge in [-0.2, -0.15) is 0 Å². The molecule has 0 fully saturated rings. The lowest BCUT2D eigenvalue weighted by atomic mass is 10.1. The number of carbonyl (C=O) groups is 2. The zero-order chi connectivity index (χ0) is 25.9. The molecule has 10 heteroatoms. The van der Waals surface area contributed by atoms with E-state index in [1.165, 1.54) is 12.1 Å². The van der Waals surface area contributed by atoms with Crippen molar-refractivity contribution in [1.29, 1.82) is 0 Å². The van der Waals surface area contributed by atoms with Crippen LogP contribution in [0, 0.1) is 6.92 Å². The summed E-state index contributed by atoms with van der Waals surface area (Å²) in [6.45, 7) is 3.59. The topological polar surface area (TPSA) is 85.2 Å². The van der Waals surface area contributed by atoms with Crippen molar-refractivity contribution in [1.82, 2.24) is 14.9 Å². The Kier molecular flexibility index (Phi) is 6.96. The van der Waals surface area contributed by atoms with Gasteiger partial charge in [-0.1, -0.05) is 29.8 Å². The van der Waals surface area contributed by atoms with E-state index >= 15 is 0 Å². The van der Waals surface area contributed by atoms with Crippen molar-refractivity contribution >= 4 is 28.5 Å². The number of para-hydroxylation sites is 2. The number of aromatic nitrogens is 2. The van der Waals surface area contributed by atoms with Crippen LogP contribution in [0.15, 0.2) is 72.8 Å². The van der Waals surface area contributed by atoms with Gasteiger partial charge in [0.05, 0.1) is 17.1 Å². The van der Waals surface area contributed by atoms with Gasteiger partial charge >= 0.3 is 6.36 Å². The highest BCUT2D eigenvalue weighted by Crippen LogP contribution is 2.25. The van der Waals surface area contributed by atoms with Crippen LogP contribution in [-0.4, -0.2) is 27.7 Å². The summed E-state index contributed by atoms with van der Waals surface area (Å²) in [6.07, 6.45) is -4.80. The standard InChI is InChI=1S/C26H23F3N4O3/c1-16-7-9-18(10-8-16)25(35)30-17(2)24-32-21-5-3-4-6-22(21)33(24)15-23(34)31-19-11-13-20(14-12-19)36-26(27,28)29/h3-14,17H,15H2,1-2H3,(H,30,35)(H,31,34). The predicted molar refractivity (Wildman–Crippen MR) is 129 cm³/mol. The smallest absolute Gasteiger partial charge is 0.406 e. The monoisotopic (exact) mass is 496 g/mol. The van der Waals surface area contributed by atoms with Crippen LogP contribution in [0.1, 0.15) is 34.7 Å². The number of imidazole rings is 1. The Morgan fingerprint density at radius 2 is 1.67 bits per heavy atom. The zero-order valence-corrected chi connectivity index (χ0v) is 19.5. The lowest BCUT2D eigenvalue weighted by molar-refractivity contribution is -0.274. The third-order valence-electron chi connectivity index (χ3n) is 5.41. The number of anilines is 1. The molecule has 2 N–H and O–H groups in total. The van der Waals surface area contributed by atoms with Crippen molar-refractivity contribution < 1.29 is 27.5 Å². The van der Waals surface area contributed by atoms with Gasteiger partial charge < -0.3 is 19.9 Å². The largest absolute Gasteiger partial charge is 0.573 e. The fourth-order valence-electron chi connectivity index (χ4n) is 3.72. The Hall–Kier alpha value is -4.34. The number of nitrogens with one attached hydrogen (secondary N) is 2. The van der Waals surface area contributed by atoms with Gasteiger partial charge in [0.1, 0.15) is 18.1 Å². The molecular weight excluding hydrogens is 473 g/mol. The van der Waals surface area contributed by atoms with Crippen LogP contribution in [0.4, 0.5) is 18.9 Å². The second-order valence-corrected chi connectivity index (χ2v) is 8.23. The summed E-state index contributed by atoms with van der Waals surface area (Å²) in [4.78, 5) is 30.2. The number of ether oxygens (including phenoxy) is 1. The molecule has 7 nitrogen and oxygen atoms in total. The number of hydrogen-bond acceptors (Lipinski definition) is 4. The Bertz CT molecular complexity index is 1380. The lowest BCUT2D eigenvalue weighted by Crippen LogP contribution is -2.30. The SMILES string of the molecule is Cc1ccc(C(=O)NC(C)c2nc3ccccc3n2CC(=O)Nc2ccc(OC(F)(F)F)cc2)cc1. The summed E-state index contributed by atoms with van der Waals surface area (Å²) in [6, 6.07) is 18.8. The van der Waals surface area contributed by atoms with Crippen molar-refractivity contribution in [3.63, 3.8) is 0 Å². The summed E-state index contributed by atoms with van der Waals surface area (Å²) in [7, 11) is 0. The van der Waals surface area contributed by atoms with Crippen LogP contribution < -0.4 is 15.4 Å². The van der Waals surface area contributed by atoms with Crippen LogP contribution in [0.5, 0.6) is 5.75 Å². The predicted octanol–water partition coefficient (Wildman–Crippen LogP) is 5.37. The number of benzene rings is 3. The highest BCUT2D eigenvalue weighted by molar-refractivity contribution is 5.94. The quantitative estimate of drug-likeness (QED) is 0.360. The fourth-order valence-corrected chi connectivity index (χ4v) is 3.72. The minimum atomic E-state index is -4.80. The van der Waals surface area contributed by atoms with E-state index in [0.717, 1.165) is 17.7 Å². The first kappa shape index (κ1) is 24.8. The molecule has 3 aromatic carbocycles. The number of fused-ring (bicyclic) bond motifs is 1. The van der Waals surface area contributed by atoms with Crippen LogP contribution in [-0.2, 0) is 11.3 Å². The van der Waals surface area contributed by atoms with E-state index < -0.39 is 18.3 Å². The summed E-state index contributed by atoms with van der Waals surface area (Å²) < 4.78 is 42.6. The summed E-state index contributed by atoms with van der Waals surface area (Å²) >= 11 is 0. The minimum Gasteiger partial charge on any atom is -0.406 e. The number of amides is 2. The number of aryl methyl sites for hydroxylation is 1. The van der Waals surface area contributed by atoms with Crippen LogP contribution in [0.2, 0.25) is 0 Å². The highest BCUT2D eigenvalue weighted by atomic mass is 19.4. The summed E-state index contributed by atoms with van der Waals surface area (Å²) in [5.74, 6) is -0.588. The lowest BCUT2D eigenvalue weighted by Gasteiger charge is -2.16. The number of nitrogens with zero attached hydrogens (tertiary/aromatic N) is 2. The number of hydrogen-bond donors (Lipinski definition) is 2. The number of halogens is 3. The maximum absolute atomic E-state index is 12.8. The molecule has 0 saturated heterocycles. The third-order valence-corrected chi connectivity index (χ3v) is 5.41. The molecular formula is C26H23F3N4O3. The Morgan fingerprint density at radius 3 is 2.33 bits per heavy atom. The van der Waals surface area contributed by atoms with Gasteiger partial charge in [-0.25, -0.2) is 4.98 Å². The van der Waals surface area contributed by atoms with E-state index in [4.69, 9.17) is 0 Å². The van der Waals surface area contributed by atoms with Crippen molar-refractivity contribution in [2.24, 2.45) is 0 Å². The average molecular weight is 496 g/mol. The molecule has 36 heavy (non-hydrogen) atoms. The minimum absolute atomic E-state index is 0.124. The number of carbonyl (C=O) groups excluding carboxylic acids is 2. The van der Waals surface area contributed by atoms with Gasteiger partial charge in [-0.15, -0.1) is 13.2 Å². The molecule has 4 rings (SSSR count). The van der Waals surface area contributed by atoms with E-state index in [1.807, 2.05) is 37.3 Å². The number of rotatable bonds is 7. The van der Waals surface area contributed by atoms with Gasteiger partial charge in [-0.3, -0.25) is 9.59 Å². The molecule has 0 aliphatic heterocycles. The molecule has 0 saturated carbocycles. The van der Waals surface area contributed by atoms with Crippen molar-refractivity contribution in [2.45, 2.75) is 32.8 Å². The molecule has 0 aliphatic carbocycles. The van der Waals surface area contributed by atoms with E-state index in [1.54, 1.807) is 29.7 Å². The first-order valence-corrected chi connectivity index (χ1v) is 11.1. The van der Waals surface area contributed by atoms with E-state index in [0.29, 0.717) is 28.1 Å². The molecule has 0 aliphatic rings. The van der Waals surface area contributed by atoms with E-state index in [2.05, 4.69) is 20.4 Å². The maximum Gasteiger partial charge on any atom is 0.573 e. The maximum atomic E-state index is 12.8. The highest BCUT2D eigenvalue weighted by Gasteiger charge is 2.31. The second kappa shape index (κ2) is 10.1. The normalized spacial score (nSPS) is 12.2. The molecule has 186 valence electrons. The average Bonchev–Trinajstić information content (AvgIpc) is 3.18. The van der Waals surface area contributed by atoms with E-state index in [-0.39, 0.29) is 18.2 Å². The zero-order valence-electron chi connectivity index (χ0n) is 19.5. The molecule has 0 bridgehead atoms. The Balaban J connectivity index is 1.51. The number of alkyl halides is 3. The Morgan fingerprint density at radius 1 is 1.00 bits per heavy atom. The van der Waals surface area contributed by atoms with Gasteiger partial charge in [0.25, 0.3) is 5.91 Å². The first-order chi connectivity index (χ1) is 17.1. The van der Waals surface area contributed by atoms with Crippen LogP contribution in [0.3, 0.4) is 0 Å². The van der Waals surface area contributed by atoms with Crippen molar-refractivity contribution in [3.05, 3.63) is 89.7 Å². The van der Waals surface area contributed by atoms with Crippen molar-refractivity contribution in [3.8, 4) is 5.75 Å². The molecule has 1 atom stereocenters. The second-order valence-electron chi connectivity index (χ2n) is 8.23. The first-order valence-electron chi connectivity index (χ1n) is 11.1. The van der Waals surface area contributed by atoms with Crippen LogP contribution >= 0.6 is 0 Å². The molecule has 1 aromatic heterocycles. The molecule has 0 spiro atoms. The van der Waals surface area contributed by atoms with Gasteiger partial charge in [0, 0.05) is 11.3 Å². The third kappa shape index (κ3) is 6.01. The fraction of sp³-hybridized carbons (Fsp3) is 0.192. The van der Waals surface area contributed by atoms with Gasteiger partial charge in [0.15, 0.2) is 0 Å². The molecule has 4 aromatic rings. The van der Waals surface area contributed by atoms with Crippen molar-refractivity contribution in [2.75, 3.05) is 5.32 Å². The molecule has 0 radical (unpaired) electrons. The van der Waals surface area contributed by atoms with Gasteiger partial charge in [0.2, 0.25) is 5.91 Å². The molecule has 1 heterocycles. The molecule has 2 amide bonds. The molecule has 1 unspecified atom stereocenters. The van der Waals surface area contributed by atoms with Crippen LogP contribution in [0.25, 0.3) is 11.0 Å². The van der Waals surface area contributed by atoms with Gasteiger partial charge in [-0.05, 0) is 62.4 Å². The van der Waals surface area contributed by atoms with E-state index in [9.17, 15) is 22.8 Å². The summed E-state index contributed by atoms with van der Waals surface area (Å²) in [5, 5.41) is 5.58. The summed E-state index contributed by atoms with van der Waals surface area (Å²) in [5.41, 5.74) is 3.21.